The average Bonchev–Trinajstić information content (AvgIpc) is 2.57. The summed E-state index contributed by atoms with van der Waals surface area (Å²) < 4.78 is 5.14. The molecule has 0 radical (unpaired) electrons. The number of fused-ring (bicyclic) bond motifs is 1. The number of aromatic amines is 1. The molecule has 0 aliphatic carbocycles. The maximum atomic E-state index is 12.6. The van der Waals surface area contributed by atoms with Crippen molar-refractivity contribution in [3.63, 3.8) is 0 Å². The van der Waals surface area contributed by atoms with Crippen LogP contribution in [0.3, 0.4) is 0 Å². The molecule has 5 nitrogen and oxygen atoms in total. The third-order valence-corrected chi connectivity index (χ3v) is 3.73. The summed E-state index contributed by atoms with van der Waals surface area (Å²) in [4.78, 5) is 28.0. The molecule has 23 heavy (non-hydrogen) atoms. The first kappa shape index (κ1) is 14.8. The molecular weight excluding hydrogens is 292 g/mol. The maximum absolute atomic E-state index is 12.6. The van der Waals surface area contributed by atoms with Gasteiger partial charge in [0.15, 0.2) is 0 Å². The zero-order valence-corrected chi connectivity index (χ0v) is 12.8. The van der Waals surface area contributed by atoms with Gasteiger partial charge in [0.05, 0.1) is 7.11 Å². The van der Waals surface area contributed by atoms with Crippen molar-refractivity contribution >= 4 is 22.5 Å². The molecule has 5 heteroatoms. The Bertz CT molecular complexity index is 944. The Morgan fingerprint density at radius 2 is 1.96 bits per heavy atom. The molecule has 0 saturated carbocycles. The molecule has 0 aliphatic rings. The number of hydrogen-bond acceptors (Lipinski definition) is 3. The van der Waals surface area contributed by atoms with Crippen molar-refractivity contribution in [3.8, 4) is 5.75 Å². The van der Waals surface area contributed by atoms with Gasteiger partial charge in [0.1, 0.15) is 11.3 Å². The lowest BCUT2D eigenvalue weighted by molar-refractivity contribution is 0.102. The summed E-state index contributed by atoms with van der Waals surface area (Å²) in [5, 5.41) is 3.19. The lowest BCUT2D eigenvalue weighted by Gasteiger charge is -2.08. The first-order chi connectivity index (χ1) is 11.1. The van der Waals surface area contributed by atoms with Crippen LogP contribution >= 0.6 is 0 Å². The number of anilines is 1. The second-order valence-electron chi connectivity index (χ2n) is 5.21. The van der Waals surface area contributed by atoms with E-state index in [9.17, 15) is 9.59 Å². The Morgan fingerprint density at radius 1 is 1.17 bits per heavy atom. The second kappa shape index (κ2) is 5.96. The minimum absolute atomic E-state index is 0.0639. The van der Waals surface area contributed by atoms with E-state index in [0.29, 0.717) is 22.3 Å². The number of aryl methyl sites for hydroxylation is 1. The molecule has 1 amide bonds. The molecule has 116 valence electrons. The van der Waals surface area contributed by atoms with Crippen LogP contribution in [0.5, 0.6) is 5.75 Å². The minimum Gasteiger partial charge on any atom is -0.497 e. The molecule has 0 bridgehead atoms. The van der Waals surface area contributed by atoms with Gasteiger partial charge in [0, 0.05) is 22.8 Å². The highest BCUT2D eigenvalue weighted by Crippen LogP contribution is 2.18. The number of amides is 1. The maximum Gasteiger partial charge on any atom is 0.261 e. The number of carbonyl (C=O) groups excluding carboxylic acids is 1. The summed E-state index contributed by atoms with van der Waals surface area (Å²) in [6, 6.07) is 12.5. The Hall–Kier alpha value is -3.08. The van der Waals surface area contributed by atoms with E-state index in [1.807, 2.05) is 25.1 Å². The van der Waals surface area contributed by atoms with Crippen LogP contribution in [0.1, 0.15) is 15.9 Å². The van der Waals surface area contributed by atoms with Crippen molar-refractivity contribution in [1.82, 2.24) is 4.98 Å². The second-order valence-corrected chi connectivity index (χ2v) is 5.21. The van der Waals surface area contributed by atoms with Crippen molar-refractivity contribution in [3.05, 3.63) is 70.0 Å². The molecule has 0 aliphatic heterocycles. The van der Waals surface area contributed by atoms with Gasteiger partial charge in [-0.2, -0.15) is 0 Å². The molecular formula is C18H16N2O3. The zero-order valence-electron chi connectivity index (χ0n) is 12.8. The molecule has 2 aromatic carbocycles. The minimum atomic E-state index is -0.440. The molecule has 3 aromatic rings. The van der Waals surface area contributed by atoms with Crippen LogP contribution in [-0.4, -0.2) is 18.0 Å². The lowest BCUT2D eigenvalue weighted by Crippen LogP contribution is -2.22. The van der Waals surface area contributed by atoms with E-state index in [0.717, 1.165) is 5.56 Å². The van der Waals surface area contributed by atoms with E-state index < -0.39 is 5.91 Å². The van der Waals surface area contributed by atoms with Gasteiger partial charge in [0.25, 0.3) is 5.91 Å². The van der Waals surface area contributed by atoms with Gasteiger partial charge in [-0.05, 0) is 36.8 Å². The van der Waals surface area contributed by atoms with Crippen LogP contribution < -0.4 is 15.5 Å². The monoisotopic (exact) mass is 308 g/mol. The molecule has 0 unspecified atom stereocenters. The van der Waals surface area contributed by atoms with Gasteiger partial charge < -0.3 is 15.0 Å². The predicted molar refractivity (Wildman–Crippen MR) is 90.3 cm³/mol. The summed E-state index contributed by atoms with van der Waals surface area (Å²) in [6.07, 6.45) is 1.44. The fourth-order valence-electron chi connectivity index (χ4n) is 2.40. The summed E-state index contributed by atoms with van der Waals surface area (Å²) in [5.74, 6) is 0.129. The molecule has 0 fully saturated rings. The van der Waals surface area contributed by atoms with Crippen molar-refractivity contribution in [2.24, 2.45) is 0 Å². The smallest absolute Gasteiger partial charge is 0.261 e. The number of ether oxygens (including phenoxy) is 1. The van der Waals surface area contributed by atoms with E-state index in [4.69, 9.17) is 4.74 Å². The molecule has 1 heterocycles. The Kier molecular flexibility index (Phi) is 3.85. The van der Waals surface area contributed by atoms with Crippen molar-refractivity contribution in [2.45, 2.75) is 6.92 Å². The Balaban J connectivity index is 2.02. The van der Waals surface area contributed by atoms with Crippen LogP contribution in [0.25, 0.3) is 10.9 Å². The van der Waals surface area contributed by atoms with Gasteiger partial charge in [0.2, 0.25) is 5.43 Å². The number of benzene rings is 2. The third kappa shape index (κ3) is 2.81. The number of carbonyl (C=O) groups is 1. The van der Waals surface area contributed by atoms with E-state index in [1.165, 1.54) is 13.3 Å². The van der Waals surface area contributed by atoms with Crippen molar-refractivity contribution < 1.29 is 9.53 Å². The molecule has 1 aromatic heterocycles. The molecule has 0 spiro atoms. The van der Waals surface area contributed by atoms with E-state index in [1.54, 1.807) is 24.3 Å². The number of rotatable bonds is 3. The van der Waals surface area contributed by atoms with Gasteiger partial charge >= 0.3 is 0 Å². The van der Waals surface area contributed by atoms with Crippen LogP contribution in [-0.2, 0) is 0 Å². The third-order valence-electron chi connectivity index (χ3n) is 3.73. The number of nitrogens with one attached hydrogen (secondary N) is 2. The Labute approximate surface area is 132 Å². The number of aromatic nitrogens is 1. The summed E-state index contributed by atoms with van der Waals surface area (Å²) in [7, 11) is 1.53. The van der Waals surface area contributed by atoms with E-state index in [2.05, 4.69) is 10.3 Å². The standard InChI is InChI=1S/C18H16N2O3/c1-11-5-3-4-6-15(11)20-18(22)14-10-19-16-8-7-12(23-2)9-13(16)17(14)21/h3-10H,1-2H3,(H,19,21)(H,20,22). The summed E-state index contributed by atoms with van der Waals surface area (Å²) >= 11 is 0. The summed E-state index contributed by atoms with van der Waals surface area (Å²) in [5.41, 5.74) is 2.00. The number of methoxy groups -OCH3 is 1. The largest absolute Gasteiger partial charge is 0.497 e. The van der Waals surface area contributed by atoms with Crippen LogP contribution in [0.2, 0.25) is 0 Å². The topological polar surface area (TPSA) is 71.2 Å². The van der Waals surface area contributed by atoms with Gasteiger partial charge in [-0.15, -0.1) is 0 Å². The van der Waals surface area contributed by atoms with E-state index >= 15 is 0 Å². The molecule has 0 saturated heterocycles. The highest BCUT2D eigenvalue weighted by Gasteiger charge is 2.14. The Morgan fingerprint density at radius 3 is 2.70 bits per heavy atom. The average molecular weight is 308 g/mol. The number of hydrogen-bond donors (Lipinski definition) is 2. The quantitative estimate of drug-likeness (QED) is 0.781. The predicted octanol–water partition coefficient (Wildman–Crippen LogP) is 3.10. The number of H-pyrrole nitrogens is 1. The molecule has 0 atom stereocenters. The van der Waals surface area contributed by atoms with Gasteiger partial charge in [-0.25, -0.2) is 0 Å². The van der Waals surface area contributed by atoms with Gasteiger partial charge in [-0.1, -0.05) is 18.2 Å². The lowest BCUT2D eigenvalue weighted by atomic mass is 10.1. The first-order valence-corrected chi connectivity index (χ1v) is 7.16. The number of para-hydroxylation sites is 1. The zero-order chi connectivity index (χ0) is 16.4. The number of pyridine rings is 1. The van der Waals surface area contributed by atoms with Crippen LogP contribution in [0.4, 0.5) is 5.69 Å². The highest BCUT2D eigenvalue weighted by atomic mass is 16.5. The highest BCUT2D eigenvalue weighted by molar-refractivity contribution is 6.06. The summed E-state index contributed by atoms with van der Waals surface area (Å²) in [6.45, 7) is 1.89. The van der Waals surface area contributed by atoms with Crippen molar-refractivity contribution in [1.29, 1.82) is 0 Å². The normalized spacial score (nSPS) is 10.5. The SMILES string of the molecule is COc1ccc2[nH]cc(C(=O)Nc3ccccc3C)c(=O)c2c1. The van der Waals surface area contributed by atoms with Gasteiger partial charge in [-0.3, -0.25) is 9.59 Å². The molecule has 2 N–H and O–H groups in total. The first-order valence-electron chi connectivity index (χ1n) is 7.16. The fourth-order valence-corrected chi connectivity index (χ4v) is 2.40. The van der Waals surface area contributed by atoms with Crippen molar-refractivity contribution in [2.75, 3.05) is 12.4 Å². The molecule has 3 rings (SSSR count). The van der Waals surface area contributed by atoms with Crippen LogP contribution in [0, 0.1) is 6.92 Å². The van der Waals surface area contributed by atoms with E-state index in [-0.39, 0.29) is 11.0 Å². The van der Waals surface area contributed by atoms with Crippen LogP contribution in [0.15, 0.2) is 53.5 Å². The fraction of sp³-hybridized carbons (Fsp3) is 0.111.